The number of urea groups is 1. The molecule has 0 saturated carbocycles. The summed E-state index contributed by atoms with van der Waals surface area (Å²) in [5.41, 5.74) is 0.943. The van der Waals surface area contributed by atoms with Crippen LogP contribution in [0.3, 0.4) is 0 Å². The Morgan fingerprint density at radius 2 is 2.13 bits per heavy atom. The summed E-state index contributed by atoms with van der Waals surface area (Å²) in [5, 5.41) is 15.4. The van der Waals surface area contributed by atoms with Gasteiger partial charge in [-0.1, -0.05) is 6.07 Å². The van der Waals surface area contributed by atoms with Gasteiger partial charge in [0, 0.05) is 24.4 Å². The predicted molar refractivity (Wildman–Crippen MR) is 55.9 cm³/mol. The molecule has 2 amide bonds. The van der Waals surface area contributed by atoms with Crippen LogP contribution in [0.1, 0.15) is 5.56 Å². The molecule has 0 saturated heterocycles. The second-order valence-corrected chi connectivity index (χ2v) is 2.96. The highest BCUT2D eigenvalue weighted by Gasteiger charge is 2.11. The van der Waals surface area contributed by atoms with Gasteiger partial charge in [-0.25, -0.2) is 4.79 Å². The van der Waals surface area contributed by atoms with Crippen molar-refractivity contribution in [1.82, 2.24) is 5.32 Å². The summed E-state index contributed by atoms with van der Waals surface area (Å²) in [6.07, 6.45) is 0. The molecule has 0 aliphatic carbocycles. The van der Waals surface area contributed by atoms with Crippen molar-refractivity contribution < 1.29 is 9.72 Å². The second-order valence-electron chi connectivity index (χ2n) is 2.96. The lowest BCUT2D eigenvalue weighted by molar-refractivity contribution is -0.385. The largest absolute Gasteiger partial charge is 0.341 e. The zero-order chi connectivity index (χ0) is 11.4. The summed E-state index contributed by atoms with van der Waals surface area (Å²) in [6.45, 7) is 1.64. The van der Waals surface area contributed by atoms with Crippen LogP contribution in [0.25, 0.3) is 0 Å². The van der Waals surface area contributed by atoms with E-state index in [1.54, 1.807) is 19.1 Å². The molecule has 0 aliphatic rings. The van der Waals surface area contributed by atoms with E-state index in [0.29, 0.717) is 11.3 Å². The molecule has 0 atom stereocenters. The number of nitro groups is 1. The fraction of sp³-hybridized carbons (Fsp3) is 0.222. The van der Waals surface area contributed by atoms with Crippen molar-refractivity contribution in [3.63, 3.8) is 0 Å². The maximum Gasteiger partial charge on any atom is 0.318 e. The Hall–Kier alpha value is -2.11. The van der Waals surface area contributed by atoms with E-state index < -0.39 is 11.0 Å². The second kappa shape index (κ2) is 4.41. The lowest BCUT2D eigenvalue weighted by Gasteiger charge is -2.04. The van der Waals surface area contributed by atoms with Gasteiger partial charge in [-0.2, -0.15) is 0 Å². The first-order valence-corrected chi connectivity index (χ1v) is 4.28. The lowest BCUT2D eigenvalue weighted by atomic mass is 10.2. The number of carbonyl (C=O) groups excluding carboxylic acids is 1. The number of anilines is 1. The molecule has 0 aromatic heterocycles. The van der Waals surface area contributed by atoms with Crippen LogP contribution in [0.4, 0.5) is 16.2 Å². The number of nitrogens with one attached hydrogen (secondary N) is 2. The highest BCUT2D eigenvalue weighted by atomic mass is 16.6. The number of amides is 2. The molecule has 80 valence electrons. The van der Waals surface area contributed by atoms with Crippen LogP contribution in [0.2, 0.25) is 0 Å². The molecular formula is C9H11N3O3. The van der Waals surface area contributed by atoms with Crippen LogP contribution in [-0.4, -0.2) is 18.0 Å². The summed E-state index contributed by atoms with van der Waals surface area (Å²) >= 11 is 0. The molecule has 1 aromatic rings. The Kier molecular flexibility index (Phi) is 3.22. The predicted octanol–water partition coefficient (Wildman–Crippen LogP) is 1.65. The van der Waals surface area contributed by atoms with Gasteiger partial charge in [-0.3, -0.25) is 10.1 Å². The molecule has 1 rings (SSSR count). The summed E-state index contributed by atoms with van der Waals surface area (Å²) in [4.78, 5) is 21.1. The maximum absolute atomic E-state index is 11.0. The van der Waals surface area contributed by atoms with Crippen LogP contribution in [0, 0.1) is 17.0 Å². The van der Waals surface area contributed by atoms with Crippen LogP contribution in [-0.2, 0) is 0 Å². The third-order valence-electron chi connectivity index (χ3n) is 1.89. The van der Waals surface area contributed by atoms with Gasteiger partial charge in [0.2, 0.25) is 0 Å². The standard InChI is InChI=1S/C9H11N3O3/c1-6-3-4-7(11-9(13)10-2)5-8(6)12(14)15/h3-5H,1-2H3,(H2,10,11,13). The number of benzene rings is 1. The first-order chi connectivity index (χ1) is 7.04. The molecule has 0 bridgehead atoms. The van der Waals surface area contributed by atoms with Gasteiger partial charge in [-0.15, -0.1) is 0 Å². The van der Waals surface area contributed by atoms with Crippen LogP contribution < -0.4 is 10.6 Å². The molecule has 0 spiro atoms. The third kappa shape index (κ3) is 2.67. The van der Waals surface area contributed by atoms with E-state index in [1.807, 2.05) is 0 Å². The van der Waals surface area contributed by atoms with Crippen molar-refractivity contribution in [3.05, 3.63) is 33.9 Å². The molecule has 15 heavy (non-hydrogen) atoms. The van der Waals surface area contributed by atoms with Crippen LogP contribution >= 0.6 is 0 Å². The average molecular weight is 209 g/mol. The van der Waals surface area contributed by atoms with E-state index in [-0.39, 0.29) is 5.69 Å². The lowest BCUT2D eigenvalue weighted by Crippen LogP contribution is -2.24. The average Bonchev–Trinajstić information content (AvgIpc) is 2.20. The Labute approximate surface area is 86.4 Å². The van der Waals surface area contributed by atoms with Gasteiger partial charge >= 0.3 is 6.03 Å². The van der Waals surface area contributed by atoms with Crippen molar-refractivity contribution in [3.8, 4) is 0 Å². The fourth-order valence-corrected chi connectivity index (χ4v) is 1.08. The van der Waals surface area contributed by atoms with E-state index in [4.69, 9.17) is 0 Å². The smallest absolute Gasteiger partial charge is 0.318 e. The molecule has 0 fully saturated rings. The normalized spacial score (nSPS) is 9.47. The van der Waals surface area contributed by atoms with Crippen molar-refractivity contribution in [2.75, 3.05) is 12.4 Å². The molecule has 6 heteroatoms. The van der Waals surface area contributed by atoms with Crippen LogP contribution in [0.15, 0.2) is 18.2 Å². The highest BCUT2D eigenvalue weighted by molar-refractivity contribution is 5.89. The summed E-state index contributed by atoms with van der Waals surface area (Å²) in [6, 6.07) is 4.11. The minimum absolute atomic E-state index is 0.0103. The van der Waals surface area contributed by atoms with E-state index in [1.165, 1.54) is 13.1 Å². The molecule has 0 aliphatic heterocycles. The Bertz CT molecular complexity index is 404. The van der Waals surface area contributed by atoms with Gasteiger partial charge in [0.25, 0.3) is 5.69 Å². The molecule has 0 heterocycles. The molecular weight excluding hydrogens is 198 g/mol. The van der Waals surface area contributed by atoms with Gasteiger partial charge in [-0.05, 0) is 13.0 Å². The molecule has 0 unspecified atom stereocenters. The van der Waals surface area contributed by atoms with Gasteiger partial charge in [0.1, 0.15) is 0 Å². The fourth-order valence-electron chi connectivity index (χ4n) is 1.08. The van der Waals surface area contributed by atoms with Crippen molar-refractivity contribution in [1.29, 1.82) is 0 Å². The topological polar surface area (TPSA) is 84.3 Å². The summed E-state index contributed by atoms with van der Waals surface area (Å²) in [5.74, 6) is 0. The van der Waals surface area contributed by atoms with Crippen molar-refractivity contribution in [2.24, 2.45) is 0 Å². The van der Waals surface area contributed by atoms with Crippen molar-refractivity contribution in [2.45, 2.75) is 6.92 Å². The minimum Gasteiger partial charge on any atom is -0.341 e. The monoisotopic (exact) mass is 209 g/mol. The van der Waals surface area contributed by atoms with Crippen LogP contribution in [0.5, 0.6) is 0 Å². The Balaban J connectivity index is 2.97. The van der Waals surface area contributed by atoms with Crippen molar-refractivity contribution >= 4 is 17.4 Å². The molecule has 1 aromatic carbocycles. The quantitative estimate of drug-likeness (QED) is 0.573. The Morgan fingerprint density at radius 3 is 2.67 bits per heavy atom. The Morgan fingerprint density at radius 1 is 1.47 bits per heavy atom. The van der Waals surface area contributed by atoms with E-state index in [0.717, 1.165) is 0 Å². The molecule has 2 N–H and O–H groups in total. The minimum atomic E-state index is -0.482. The van der Waals surface area contributed by atoms with Gasteiger partial charge < -0.3 is 10.6 Å². The van der Waals surface area contributed by atoms with Gasteiger partial charge in [0.05, 0.1) is 4.92 Å². The number of hydrogen-bond acceptors (Lipinski definition) is 3. The zero-order valence-electron chi connectivity index (χ0n) is 8.40. The highest BCUT2D eigenvalue weighted by Crippen LogP contribution is 2.21. The number of aryl methyl sites for hydroxylation is 1. The van der Waals surface area contributed by atoms with E-state index in [2.05, 4.69) is 10.6 Å². The van der Waals surface area contributed by atoms with E-state index >= 15 is 0 Å². The third-order valence-corrected chi connectivity index (χ3v) is 1.89. The number of hydrogen-bond donors (Lipinski definition) is 2. The number of nitro benzene ring substituents is 1. The molecule has 0 radical (unpaired) electrons. The number of rotatable bonds is 2. The van der Waals surface area contributed by atoms with E-state index in [9.17, 15) is 14.9 Å². The summed E-state index contributed by atoms with van der Waals surface area (Å²) in [7, 11) is 1.47. The van der Waals surface area contributed by atoms with Gasteiger partial charge in [0.15, 0.2) is 0 Å². The first-order valence-electron chi connectivity index (χ1n) is 4.28. The first kappa shape index (κ1) is 11.0. The zero-order valence-corrected chi connectivity index (χ0v) is 8.40. The summed E-state index contributed by atoms with van der Waals surface area (Å²) < 4.78 is 0. The molecule has 6 nitrogen and oxygen atoms in total. The SMILES string of the molecule is CNC(=O)Nc1ccc(C)c([N+](=O)[O-])c1. The number of carbonyl (C=O) groups is 1. The number of nitrogens with zero attached hydrogens (tertiary/aromatic N) is 1. The maximum atomic E-state index is 11.0.